The third-order valence-electron chi connectivity index (χ3n) is 3.89. The van der Waals surface area contributed by atoms with Gasteiger partial charge in [0.05, 0.1) is 17.8 Å². The number of fused-ring (bicyclic) bond motifs is 1. The van der Waals surface area contributed by atoms with Gasteiger partial charge in [0.25, 0.3) is 0 Å². The highest BCUT2D eigenvalue weighted by molar-refractivity contribution is 9.10. The van der Waals surface area contributed by atoms with E-state index in [4.69, 9.17) is 0 Å². The second-order valence-electron chi connectivity index (χ2n) is 5.59. The SMILES string of the molecule is CC(=O)N1CCc2cc(Br)cc(NC(=O)Cc3ccccc3)c21. The molecule has 5 heteroatoms. The molecule has 4 nitrogen and oxygen atoms in total. The molecule has 0 atom stereocenters. The van der Waals surface area contributed by atoms with Gasteiger partial charge in [0.2, 0.25) is 11.8 Å². The van der Waals surface area contributed by atoms with E-state index >= 15 is 0 Å². The summed E-state index contributed by atoms with van der Waals surface area (Å²) in [6.45, 7) is 2.20. The second kappa shape index (κ2) is 6.54. The zero-order chi connectivity index (χ0) is 16.4. The van der Waals surface area contributed by atoms with Gasteiger partial charge >= 0.3 is 0 Å². The van der Waals surface area contributed by atoms with Crippen molar-refractivity contribution in [1.29, 1.82) is 0 Å². The van der Waals surface area contributed by atoms with Crippen molar-refractivity contribution >= 4 is 39.1 Å². The van der Waals surface area contributed by atoms with Crippen molar-refractivity contribution in [3.05, 3.63) is 58.1 Å². The Hall–Kier alpha value is -2.14. The smallest absolute Gasteiger partial charge is 0.228 e. The molecule has 0 aromatic heterocycles. The predicted octanol–water partition coefficient (Wildman–Crippen LogP) is 3.54. The summed E-state index contributed by atoms with van der Waals surface area (Å²) in [6, 6.07) is 13.5. The van der Waals surface area contributed by atoms with Crippen molar-refractivity contribution < 1.29 is 9.59 Å². The van der Waals surface area contributed by atoms with Crippen molar-refractivity contribution in [2.75, 3.05) is 16.8 Å². The summed E-state index contributed by atoms with van der Waals surface area (Å²) in [4.78, 5) is 25.9. The van der Waals surface area contributed by atoms with Crippen LogP contribution in [-0.4, -0.2) is 18.4 Å². The Balaban J connectivity index is 1.85. The average Bonchev–Trinajstić information content (AvgIpc) is 2.92. The summed E-state index contributed by atoms with van der Waals surface area (Å²) in [5.41, 5.74) is 3.54. The number of nitrogens with zero attached hydrogens (tertiary/aromatic N) is 1. The van der Waals surface area contributed by atoms with E-state index in [1.807, 2.05) is 42.5 Å². The minimum atomic E-state index is -0.0908. The number of hydrogen-bond donors (Lipinski definition) is 1. The van der Waals surface area contributed by atoms with E-state index in [2.05, 4.69) is 21.2 Å². The standard InChI is InChI=1S/C18H17BrN2O2/c1-12(22)21-8-7-14-10-15(19)11-16(18(14)21)20-17(23)9-13-5-3-2-4-6-13/h2-6,10-11H,7-9H2,1H3,(H,20,23). The maximum Gasteiger partial charge on any atom is 0.228 e. The molecule has 0 spiro atoms. The monoisotopic (exact) mass is 372 g/mol. The lowest BCUT2D eigenvalue weighted by atomic mass is 10.1. The fourth-order valence-electron chi connectivity index (χ4n) is 2.89. The van der Waals surface area contributed by atoms with Crippen molar-refractivity contribution in [1.82, 2.24) is 0 Å². The molecule has 0 bridgehead atoms. The third kappa shape index (κ3) is 3.45. The topological polar surface area (TPSA) is 49.4 Å². The molecule has 2 aromatic rings. The Morgan fingerprint density at radius 2 is 1.96 bits per heavy atom. The number of carbonyl (C=O) groups excluding carboxylic acids is 2. The Morgan fingerprint density at radius 3 is 2.65 bits per heavy atom. The fraction of sp³-hybridized carbons (Fsp3) is 0.222. The van der Waals surface area contributed by atoms with Gasteiger partial charge in [0.1, 0.15) is 0 Å². The van der Waals surface area contributed by atoms with Crippen molar-refractivity contribution in [3.8, 4) is 0 Å². The molecule has 118 valence electrons. The van der Waals surface area contributed by atoms with Crippen LogP contribution in [0.1, 0.15) is 18.1 Å². The van der Waals surface area contributed by atoms with E-state index in [1.54, 1.807) is 11.8 Å². The number of carbonyl (C=O) groups is 2. The Bertz CT molecular complexity index is 759. The van der Waals surface area contributed by atoms with Crippen LogP contribution in [0.3, 0.4) is 0 Å². The quantitative estimate of drug-likeness (QED) is 0.895. The fourth-order valence-corrected chi connectivity index (χ4v) is 3.40. The van der Waals surface area contributed by atoms with Gasteiger partial charge in [-0.3, -0.25) is 9.59 Å². The van der Waals surface area contributed by atoms with Gasteiger partial charge in [-0.1, -0.05) is 46.3 Å². The van der Waals surface area contributed by atoms with Crippen LogP contribution in [0.15, 0.2) is 46.9 Å². The molecule has 0 radical (unpaired) electrons. The molecule has 0 fully saturated rings. The van der Waals surface area contributed by atoms with Crippen LogP contribution in [0.4, 0.5) is 11.4 Å². The first kappa shape index (κ1) is 15.7. The molecule has 0 saturated carbocycles. The molecule has 0 saturated heterocycles. The van der Waals surface area contributed by atoms with Crippen LogP contribution in [0.25, 0.3) is 0 Å². The highest BCUT2D eigenvalue weighted by Gasteiger charge is 2.26. The maximum absolute atomic E-state index is 12.3. The van der Waals surface area contributed by atoms with Crippen LogP contribution in [0, 0.1) is 0 Å². The zero-order valence-electron chi connectivity index (χ0n) is 12.8. The summed E-state index contributed by atoms with van der Waals surface area (Å²) < 4.78 is 0.900. The highest BCUT2D eigenvalue weighted by atomic mass is 79.9. The highest BCUT2D eigenvalue weighted by Crippen LogP contribution is 2.38. The Labute approximate surface area is 143 Å². The number of nitrogens with one attached hydrogen (secondary N) is 1. The first-order valence-corrected chi connectivity index (χ1v) is 8.28. The number of rotatable bonds is 3. The van der Waals surface area contributed by atoms with Gasteiger partial charge in [-0.2, -0.15) is 0 Å². The number of halogens is 1. The van der Waals surface area contributed by atoms with E-state index in [9.17, 15) is 9.59 Å². The normalized spacial score (nSPS) is 12.9. The summed E-state index contributed by atoms with van der Waals surface area (Å²) >= 11 is 3.47. The van der Waals surface area contributed by atoms with Crippen LogP contribution >= 0.6 is 15.9 Å². The molecule has 1 heterocycles. The number of benzene rings is 2. The van der Waals surface area contributed by atoms with E-state index in [1.165, 1.54) is 0 Å². The lowest BCUT2D eigenvalue weighted by molar-refractivity contribution is -0.117. The van der Waals surface area contributed by atoms with Gasteiger partial charge in [0.15, 0.2) is 0 Å². The molecule has 23 heavy (non-hydrogen) atoms. The van der Waals surface area contributed by atoms with Crippen LogP contribution < -0.4 is 10.2 Å². The summed E-state index contributed by atoms with van der Waals surface area (Å²) in [5.74, 6) is -0.100. The molecule has 1 aliphatic rings. The lowest BCUT2D eigenvalue weighted by Crippen LogP contribution is -2.27. The van der Waals surface area contributed by atoms with Gasteiger partial charge < -0.3 is 10.2 Å². The molecule has 0 aliphatic carbocycles. The van der Waals surface area contributed by atoms with Gasteiger partial charge in [-0.25, -0.2) is 0 Å². The van der Waals surface area contributed by atoms with Gasteiger partial charge in [0, 0.05) is 17.9 Å². The third-order valence-corrected chi connectivity index (χ3v) is 4.35. The largest absolute Gasteiger partial charge is 0.324 e. The first-order chi connectivity index (χ1) is 11.0. The Kier molecular flexibility index (Phi) is 4.48. The predicted molar refractivity (Wildman–Crippen MR) is 94.6 cm³/mol. The number of amides is 2. The van der Waals surface area contributed by atoms with Crippen molar-refractivity contribution in [3.63, 3.8) is 0 Å². The average molecular weight is 373 g/mol. The van der Waals surface area contributed by atoms with E-state index in [0.717, 1.165) is 27.7 Å². The van der Waals surface area contributed by atoms with Crippen LogP contribution in [0.5, 0.6) is 0 Å². The molecule has 0 unspecified atom stereocenters. The Morgan fingerprint density at radius 1 is 1.22 bits per heavy atom. The molecule has 1 N–H and O–H groups in total. The minimum Gasteiger partial charge on any atom is -0.324 e. The zero-order valence-corrected chi connectivity index (χ0v) is 14.4. The van der Waals surface area contributed by atoms with Crippen molar-refractivity contribution in [2.24, 2.45) is 0 Å². The van der Waals surface area contributed by atoms with Gasteiger partial charge in [-0.05, 0) is 29.7 Å². The molecule has 3 rings (SSSR count). The summed E-state index contributed by atoms with van der Waals surface area (Å²) in [5, 5.41) is 2.95. The maximum atomic E-state index is 12.3. The van der Waals surface area contributed by atoms with Crippen molar-refractivity contribution in [2.45, 2.75) is 19.8 Å². The first-order valence-electron chi connectivity index (χ1n) is 7.49. The lowest BCUT2D eigenvalue weighted by Gasteiger charge is -2.19. The number of anilines is 2. The van der Waals surface area contributed by atoms with E-state index < -0.39 is 0 Å². The van der Waals surface area contributed by atoms with Gasteiger partial charge in [-0.15, -0.1) is 0 Å². The molecular formula is C18H17BrN2O2. The minimum absolute atomic E-state index is 0.00960. The molecule has 1 aliphatic heterocycles. The summed E-state index contributed by atoms with van der Waals surface area (Å²) in [6.07, 6.45) is 1.11. The number of hydrogen-bond acceptors (Lipinski definition) is 2. The molecule has 2 aromatic carbocycles. The van der Waals surface area contributed by atoms with E-state index in [-0.39, 0.29) is 11.8 Å². The molecule has 2 amide bonds. The van der Waals surface area contributed by atoms with Crippen LogP contribution in [0.2, 0.25) is 0 Å². The molecular weight excluding hydrogens is 356 g/mol. The van der Waals surface area contributed by atoms with E-state index in [0.29, 0.717) is 18.7 Å². The second-order valence-corrected chi connectivity index (χ2v) is 6.51. The van der Waals surface area contributed by atoms with Crippen LogP contribution in [-0.2, 0) is 22.4 Å². The summed E-state index contributed by atoms with van der Waals surface area (Å²) in [7, 11) is 0.